The van der Waals surface area contributed by atoms with Crippen LogP contribution in [0.3, 0.4) is 0 Å². The van der Waals surface area contributed by atoms with Crippen molar-refractivity contribution in [2.75, 3.05) is 13.1 Å². The zero-order valence-electron chi connectivity index (χ0n) is 12.1. The third kappa shape index (κ3) is 1.91. The predicted octanol–water partition coefficient (Wildman–Crippen LogP) is 1.95. The third-order valence-corrected chi connectivity index (χ3v) is 6.30. The van der Waals surface area contributed by atoms with Gasteiger partial charge in [0, 0.05) is 25.2 Å². The monoisotopic (exact) mass is 303 g/mol. The van der Waals surface area contributed by atoms with Crippen LogP contribution < -0.4 is 5.32 Å². The van der Waals surface area contributed by atoms with E-state index in [9.17, 15) is 4.79 Å². The van der Waals surface area contributed by atoms with Gasteiger partial charge in [-0.05, 0) is 54.5 Å². The lowest BCUT2D eigenvalue weighted by Gasteiger charge is -2.30. The van der Waals surface area contributed by atoms with Gasteiger partial charge in [-0.25, -0.2) is 0 Å². The van der Waals surface area contributed by atoms with Crippen LogP contribution in [0.15, 0.2) is 16.8 Å². The Balaban J connectivity index is 1.43. The van der Waals surface area contributed by atoms with Crippen molar-refractivity contribution in [1.29, 1.82) is 0 Å². The Labute approximate surface area is 129 Å². The number of hydrogen-bond acceptors (Lipinski definition) is 4. The van der Waals surface area contributed by atoms with Crippen molar-refractivity contribution in [2.24, 2.45) is 0 Å². The van der Waals surface area contributed by atoms with Crippen LogP contribution in [-0.2, 0) is 4.79 Å². The number of carbonyl (C=O) groups excluding carboxylic acids is 1. The Morgan fingerprint density at radius 2 is 2.10 bits per heavy atom. The van der Waals surface area contributed by atoms with E-state index in [2.05, 4.69) is 31.9 Å². The summed E-state index contributed by atoms with van der Waals surface area (Å²) in [6.45, 7) is 2.25. The molecule has 2 saturated carbocycles. The number of likely N-dealkylation sites (tertiary alicyclic amines) is 1. The van der Waals surface area contributed by atoms with Gasteiger partial charge in [0.2, 0.25) is 5.91 Å². The van der Waals surface area contributed by atoms with Crippen LogP contribution in [0.2, 0.25) is 0 Å². The summed E-state index contributed by atoms with van der Waals surface area (Å²) >= 11 is 1.72. The van der Waals surface area contributed by atoms with Crippen LogP contribution in [0.1, 0.15) is 43.8 Å². The molecule has 2 atom stereocenters. The number of nitrogens with zero attached hydrogens (tertiary/aromatic N) is 2. The number of carbonyl (C=O) groups is 1. The molecule has 1 aromatic rings. The van der Waals surface area contributed by atoms with Gasteiger partial charge in [-0.15, -0.1) is 0 Å². The van der Waals surface area contributed by atoms with E-state index in [1.165, 1.54) is 24.9 Å². The summed E-state index contributed by atoms with van der Waals surface area (Å²) in [7, 11) is 0. The van der Waals surface area contributed by atoms with Gasteiger partial charge in [0.05, 0.1) is 0 Å². The lowest BCUT2D eigenvalue weighted by molar-refractivity contribution is -0.132. The Morgan fingerprint density at radius 3 is 2.76 bits per heavy atom. The molecular weight excluding hydrogens is 282 g/mol. The molecular formula is C16H21N3OS. The molecule has 0 radical (unpaired) electrons. The van der Waals surface area contributed by atoms with E-state index in [1.807, 2.05) is 0 Å². The van der Waals surface area contributed by atoms with Crippen molar-refractivity contribution < 1.29 is 4.79 Å². The molecule has 5 heteroatoms. The molecule has 21 heavy (non-hydrogen) atoms. The highest BCUT2D eigenvalue weighted by atomic mass is 32.1. The summed E-state index contributed by atoms with van der Waals surface area (Å²) in [5.74, 6) is 0.362. The largest absolute Gasteiger partial charge is 0.317 e. The number of nitrogens with one attached hydrogen (secondary N) is 1. The molecule has 4 aliphatic rings. The Hall–Kier alpha value is -0.910. The molecule has 2 saturated heterocycles. The summed E-state index contributed by atoms with van der Waals surface area (Å²) in [6, 6.07) is 3.38. The highest BCUT2D eigenvalue weighted by molar-refractivity contribution is 7.08. The van der Waals surface area contributed by atoms with E-state index >= 15 is 0 Å². The van der Waals surface area contributed by atoms with Gasteiger partial charge in [-0.1, -0.05) is 0 Å². The van der Waals surface area contributed by atoms with Gasteiger partial charge in [-0.3, -0.25) is 15.0 Å². The van der Waals surface area contributed by atoms with Crippen molar-refractivity contribution in [3.63, 3.8) is 0 Å². The quantitative estimate of drug-likeness (QED) is 0.927. The van der Waals surface area contributed by atoms with Crippen molar-refractivity contribution >= 4 is 17.2 Å². The van der Waals surface area contributed by atoms with Gasteiger partial charge in [-0.2, -0.15) is 11.3 Å². The standard InChI is InChI=1S/C16H21N3OS/c20-15-16(5-6-16)17-14(11-4-8-21-10-11)19(15)13-3-7-18(9-13)12-1-2-12/h4,8,10,12-14,17H,1-3,5-7,9H2. The average molecular weight is 303 g/mol. The fourth-order valence-corrected chi connectivity index (χ4v) is 4.74. The first-order chi connectivity index (χ1) is 10.3. The van der Waals surface area contributed by atoms with E-state index in [-0.39, 0.29) is 11.7 Å². The Kier molecular flexibility index (Phi) is 2.59. The minimum Gasteiger partial charge on any atom is -0.317 e. The molecule has 1 aromatic heterocycles. The fraction of sp³-hybridized carbons (Fsp3) is 0.688. The molecule has 0 bridgehead atoms. The number of thiophene rings is 1. The molecule has 1 N–H and O–H groups in total. The first-order valence-electron chi connectivity index (χ1n) is 8.13. The zero-order chi connectivity index (χ0) is 14.0. The highest BCUT2D eigenvalue weighted by Gasteiger charge is 2.61. The second kappa shape index (κ2) is 4.31. The molecule has 2 unspecified atom stereocenters. The van der Waals surface area contributed by atoms with Crippen LogP contribution in [0.4, 0.5) is 0 Å². The lowest BCUT2D eigenvalue weighted by Crippen LogP contribution is -2.42. The average Bonchev–Trinajstić information content (AvgIpc) is 3.33. The van der Waals surface area contributed by atoms with Gasteiger partial charge in [0.1, 0.15) is 11.7 Å². The minimum absolute atomic E-state index is 0.107. The maximum absolute atomic E-state index is 12.9. The van der Waals surface area contributed by atoms with Gasteiger partial charge >= 0.3 is 0 Å². The van der Waals surface area contributed by atoms with Crippen LogP contribution in [0, 0.1) is 0 Å². The summed E-state index contributed by atoms with van der Waals surface area (Å²) < 4.78 is 0. The second-order valence-electron chi connectivity index (χ2n) is 7.07. The first kappa shape index (κ1) is 12.6. The number of hydrogen-bond donors (Lipinski definition) is 1. The molecule has 4 fully saturated rings. The lowest BCUT2D eigenvalue weighted by atomic mass is 10.1. The van der Waals surface area contributed by atoms with Gasteiger partial charge < -0.3 is 4.90 Å². The maximum Gasteiger partial charge on any atom is 0.244 e. The van der Waals surface area contributed by atoms with E-state index in [4.69, 9.17) is 0 Å². The molecule has 3 heterocycles. The number of amides is 1. The zero-order valence-corrected chi connectivity index (χ0v) is 12.9. The highest BCUT2D eigenvalue weighted by Crippen LogP contribution is 2.48. The molecule has 0 aromatic carbocycles. The molecule has 4 nitrogen and oxygen atoms in total. The van der Waals surface area contributed by atoms with E-state index in [1.54, 1.807) is 11.3 Å². The topological polar surface area (TPSA) is 35.6 Å². The summed E-state index contributed by atoms with van der Waals surface area (Å²) in [5, 5.41) is 7.95. The van der Waals surface area contributed by atoms with E-state index in [0.717, 1.165) is 31.8 Å². The Bertz CT molecular complexity index is 564. The molecule has 5 rings (SSSR count). The van der Waals surface area contributed by atoms with Crippen molar-refractivity contribution in [3.05, 3.63) is 22.4 Å². The summed E-state index contributed by atoms with van der Waals surface area (Å²) in [6.07, 6.45) is 5.99. The summed E-state index contributed by atoms with van der Waals surface area (Å²) in [4.78, 5) is 17.7. The smallest absolute Gasteiger partial charge is 0.244 e. The normalized spacial score (nSPS) is 35.0. The SMILES string of the molecule is O=C1N(C2CCN(C3CC3)C2)C(c2ccsc2)NC12CC2. The molecule has 2 aliphatic heterocycles. The minimum atomic E-state index is -0.209. The summed E-state index contributed by atoms with van der Waals surface area (Å²) in [5.41, 5.74) is 1.06. The first-order valence-corrected chi connectivity index (χ1v) is 9.08. The Morgan fingerprint density at radius 1 is 1.24 bits per heavy atom. The number of rotatable bonds is 3. The molecule has 1 spiro atoms. The van der Waals surface area contributed by atoms with Gasteiger partial charge in [0.25, 0.3) is 0 Å². The van der Waals surface area contributed by atoms with Crippen LogP contribution in [0.25, 0.3) is 0 Å². The molecule has 1 amide bonds. The van der Waals surface area contributed by atoms with Crippen molar-refractivity contribution in [3.8, 4) is 0 Å². The van der Waals surface area contributed by atoms with Crippen LogP contribution in [0.5, 0.6) is 0 Å². The van der Waals surface area contributed by atoms with Crippen LogP contribution >= 0.6 is 11.3 Å². The molecule has 112 valence electrons. The van der Waals surface area contributed by atoms with E-state index in [0.29, 0.717) is 11.9 Å². The fourth-order valence-electron chi connectivity index (χ4n) is 4.06. The van der Waals surface area contributed by atoms with Crippen molar-refractivity contribution in [2.45, 2.75) is 55.9 Å². The van der Waals surface area contributed by atoms with E-state index < -0.39 is 0 Å². The maximum atomic E-state index is 12.9. The second-order valence-corrected chi connectivity index (χ2v) is 7.85. The van der Waals surface area contributed by atoms with Crippen molar-refractivity contribution in [1.82, 2.24) is 15.1 Å². The third-order valence-electron chi connectivity index (χ3n) is 5.60. The predicted molar refractivity (Wildman–Crippen MR) is 82.0 cm³/mol. The van der Waals surface area contributed by atoms with Crippen LogP contribution in [-0.4, -0.2) is 46.4 Å². The van der Waals surface area contributed by atoms with Gasteiger partial charge in [0.15, 0.2) is 0 Å². The molecule has 2 aliphatic carbocycles.